The average molecular weight is 331 g/mol. The molecule has 21 heavy (non-hydrogen) atoms. The Morgan fingerprint density at radius 1 is 1.52 bits per heavy atom. The van der Waals surface area contributed by atoms with Crippen LogP contribution in [0.5, 0.6) is 5.75 Å². The predicted octanol–water partition coefficient (Wildman–Crippen LogP) is 2.77. The second kappa shape index (κ2) is 7.38. The molecule has 1 N–H and O–H groups in total. The molecule has 0 aromatic heterocycles. The number of esters is 1. The van der Waals surface area contributed by atoms with E-state index in [0.717, 1.165) is 10.5 Å². The Balaban J connectivity index is 2.18. The summed E-state index contributed by atoms with van der Waals surface area (Å²) in [7, 11) is 0. The van der Waals surface area contributed by atoms with Crippen LogP contribution < -0.4 is 4.74 Å². The molecule has 1 heterocycles. The summed E-state index contributed by atoms with van der Waals surface area (Å²) >= 11 is 6.85. The summed E-state index contributed by atoms with van der Waals surface area (Å²) in [4.78, 5) is 13.0. The van der Waals surface area contributed by atoms with Crippen LogP contribution in [0.15, 0.2) is 23.1 Å². The number of fused-ring (bicyclic) bond motifs is 1. The number of hydrogen-bond donors (Lipinski definition) is 1. The van der Waals surface area contributed by atoms with Gasteiger partial charge < -0.3 is 14.6 Å². The van der Waals surface area contributed by atoms with E-state index in [1.165, 1.54) is 11.8 Å². The molecule has 116 valence electrons. The minimum absolute atomic E-state index is 0.266. The summed E-state index contributed by atoms with van der Waals surface area (Å²) < 4.78 is 10.9. The van der Waals surface area contributed by atoms with Crippen molar-refractivity contribution in [2.75, 3.05) is 12.5 Å². The van der Waals surface area contributed by atoms with Crippen molar-refractivity contribution in [3.8, 4) is 5.75 Å². The lowest BCUT2D eigenvalue weighted by atomic mass is 10.1. The molecule has 2 rings (SSSR count). The van der Waals surface area contributed by atoms with E-state index in [1.807, 2.05) is 25.1 Å². The van der Waals surface area contributed by atoms with Crippen LogP contribution in [0.3, 0.4) is 0 Å². The Hall–Kier alpha value is -0.910. The van der Waals surface area contributed by atoms with Gasteiger partial charge in [0, 0.05) is 5.88 Å². The van der Waals surface area contributed by atoms with Gasteiger partial charge in [-0.2, -0.15) is 0 Å². The first-order valence-corrected chi connectivity index (χ1v) is 8.29. The maximum absolute atomic E-state index is 12.2. The SMILES string of the molecule is Cc1ccc2c(c1)S[C@@H](C(=O)OCCCCl)[C@@H](O)C(C)O2. The molecule has 4 nitrogen and oxygen atoms in total. The zero-order valence-corrected chi connectivity index (χ0v) is 13.6. The Morgan fingerprint density at radius 3 is 3.00 bits per heavy atom. The maximum Gasteiger partial charge on any atom is 0.322 e. The van der Waals surface area contributed by atoms with E-state index in [9.17, 15) is 9.90 Å². The lowest BCUT2D eigenvalue weighted by Crippen LogP contribution is -2.41. The van der Waals surface area contributed by atoms with Crippen LogP contribution >= 0.6 is 23.4 Å². The van der Waals surface area contributed by atoms with Gasteiger partial charge in [0.05, 0.1) is 11.5 Å². The van der Waals surface area contributed by atoms with Gasteiger partial charge in [0.1, 0.15) is 23.2 Å². The Bertz CT molecular complexity index is 508. The fraction of sp³-hybridized carbons (Fsp3) is 0.533. The van der Waals surface area contributed by atoms with Gasteiger partial charge in [0.15, 0.2) is 0 Å². The van der Waals surface area contributed by atoms with Crippen LogP contribution in [0, 0.1) is 6.92 Å². The molecule has 0 aliphatic carbocycles. The monoisotopic (exact) mass is 330 g/mol. The van der Waals surface area contributed by atoms with Crippen molar-refractivity contribution in [1.82, 2.24) is 0 Å². The number of hydrogen-bond acceptors (Lipinski definition) is 5. The van der Waals surface area contributed by atoms with Crippen molar-refractivity contribution in [1.29, 1.82) is 0 Å². The standard InChI is InChI=1S/C15H19ClO4S/c1-9-4-5-11-12(8-9)21-14(13(17)10(2)20-11)15(18)19-7-3-6-16/h4-5,8,10,13-14,17H,3,6-7H2,1-2H3/t10?,13-,14+/m0/s1. The minimum atomic E-state index is -0.925. The number of aliphatic hydroxyl groups is 1. The molecule has 0 bridgehead atoms. The number of benzene rings is 1. The summed E-state index contributed by atoms with van der Waals surface area (Å²) in [6.45, 7) is 3.99. The summed E-state index contributed by atoms with van der Waals surface area (Å²) in [5, 5.41) is 9.62. The number of halogens is 1. The van der Waals surface area contributed by atoms with E-state index >= 15 is 0 Å². The quantitative estimate of drug-likeness (QED) is 0.522. The second-order valence-corrected chi connectivity index (χ2v) is 6.57. The molecule has 0 saturated carbocycles. The summed E-state index contributed by atoms with van der Waals surface area (Å²) in [5.74, 6) is 0.700. The Morgan fingerprint density at radius 2 is 2.29 bits per heavy atom. The van der Waals surface area contributed by atoms with Gasteiger partial charge in [-0.25, -0.2) is 0 Å². The molecular formula is C15H19ClO4S. The minimum Gasteiger partial charge on any atom is -0.487 e. The van der Waals surface area contributed by atoms with Gasteiger partial charge in [-0.05, 0) is 38.0 Å². The van der Waals surface area contributed by atoms with Gasteiger partial charge in [-0.15, -0.1) is 23.4 Å². The Kier molecular flexibility index (Phi) is 5.79. The number of thioether (sulfide) groups is 1. The number of carbonyl (C=O) groups is 1. The fourth-order valence-corrected chi connectivity index (χ4v) is 3.42. The lowest BCUT2D eigenvalue weighted by molar-refractivity contribution is -0.146. The molecule has 0 fully saturated rings. The van der Waals surface area contributed by atoms with E-state index < -0.39 is 23.4 Å². The highest BCUT2D eigenvalue weighted by Gasteiger charge is 2.37. The first-order chi connectivity index (χ1) is 10.0. The van der Waals surface area contributed by atoms with Crippen LogP contribution in [0.2, 0.25) is 0 Å². The van der Waals surface area contributed by atoms with Crippen molar-refractivity contribution in [3.05, 3.63) is 23.8 Å². The maximum atomic E-state index is 12.2. The van der Waals surface area contributed by atoms with Crippen molar-refractivity contribution >= 4 is 29.3 Å². The largest absolute Gasteiger partial charge is 0.487 e. The van der Waals surface area contributed by atoms with Crippen LogP contribution in [0.25, 0.3) is 0 Å². The summed E-state index contributed by atoms with van der Waals surface area (Å²) in [6, 6.07) is 5.75. The number of ether oxygens (including phenoxy) is 2. The molecule has 1 aliphatic rings. The topological polar surface area (TPSA) is 55.8 Å². The van der Waals surface area contributed by atoms with Gasteiger partial charge in [-0.1, -0.05) is 6.07 Å². The predicted molar refractivity (Wildman–Crippen MR) is 83.2 cm³/mol. The van der Waals surface area contributed by atoms with E-state index in [2.05, 4.69) is 0 Å². The van der Waals surface area contributed by atoms with Gasteiger partial charge in [-0.3, -0.25) is 4.79 Å². The third-order valence-corrected chi connectivity index (χ3v) is 4.78. The summed E-state index contributed by atoms with van der Waals surface area (Å²) in [5.41, 5.74) is 1.07. The molecule has 1 aliphatic heterocycles. The fourth-order valence-electron chi connectivity index (χ4n) is 2.02. The molecule has 0 amide bonds. The van der Waals surface area contributed by atoms with Gasteiger partial charge in [0.25, 0.3) is 0 Å². The molecule has 1 aromatic rings. The lowest BCUT2D eigenvalue weighted by Gasteiger charge is -2.22. The number of rotatable bonds is 4. The zero-order chi connectivity index (χ0) is 15.4. The van der Waals surface area contributed by atoms with Crippen molar-refractivity contribution in [3.63, 3.8) is 0 Å². The first kappa shape index (κ1) is 16.5. The summed E-state index contributed by atoms with van der Waals surface area (Å²) in [6.07, 6.45) is -0.805. The number of alkyl halides is 1. The van der Waals surface area contributed by atoms with Crippen LogP contribution in [0.4, 0.5) is 0 Å². The van der Waals surface area contributed by atoms with E-state index in [-0.39, 0.29) is 6.61 Å². The molecule has 1 aromatic carbocycles. The van der Waals surface area contributed by atoms with Crippen LogP contribution in [-0.2, 0) is 9.53 Å². The molecule has 3 atom stereocenters. The smallest absolute Gasteiger partial charge is 0.322 e. The first-order valence-electron chi connectivity index (χ1n) is 6.87. The normalized spacial score (nSPS) is 24.7. The van der Waals surface area contributed by atoms with Gasteiger partial charge >= 0.3 is 5.97 Å². The van der Waals surface area contributed by atoms with E-state index in [0.29, 0.717) is 18.1 Å². The van der Waals surface area contributed by atoms with Crippen LogP contribution in [-0.4, -0.2) is 41.0 Å². The highest BCUT2D eigenvalue weighted by atomic mass is 35.5. The zero-order valence-electron chi connectivity index (χ0n) is 12.0. The molecule has 0 radical (unpaired) electrons. The van der Waals surface area contributed by atoms with Crippen molar-refractivity contribution in [2.24, 2.45) is 0 Å². The van der Waals surface area contributed by atoms with Gasteiger partial charge in [0.2, 0.25) is 0 Å². The highest BCUT2D eigenvalue weighted by molar-refractivity contribution is 8.00. The number of aliphatic hydroxyl groups excluding tert-OH is 1. The third kappa shape index (κ3) is 4.05. The van der Waals surface area contributed by atoms with Crippen LogP contribution in [0.1, 0.15) is 18.9 Å². The molecular weight excluding hydrogens is 312 g/mol. The number of carbonyl (C=O) groups excluding carboxylic acids is 1. The van der Waals surface area contributed by atoms with E-state index in [4.69, 9.17) is 21.1 Å². The highest BCUT2D eigenvalue weighted by Crippen LogP contribution is 2.39. The molecule has 1 unspecified atom stereocenters. The second-order valence-electron chi connectivity index (χ2n) is 5.01. The van der Waals surface area contributed by atoms with Crippen molar-refractivity contribution < 1.29 is 19.4 Å². The van der Waals surface area contributed by atoms with E-state index in [1.54, 1.807) is 6.92 Å². The molecule has 0 saturated heterocycles. The average Bonchev–Trinajstić information content (AvgIpc) is 2.57. The molecule has 0 spiro atoms. The number of aryl methyl sites for hydroxylation is 1. The van der Waals surface area contributed by atoms with Crippen molar-refractivity contribution in [2.45, 2.75) is 42.6 Å². The Labute approximate surface area is 133 Å². The molecule has 6 heteroatoms. The third-order valence-electron chi connectivity index (χ3n) is 3.21.